The molecule has 2 aromatic rings. The van der Waals surface area contributed by atoms with Crippen LogP contribution in [0.25, 0.3) is 0 Å². The predicted octanol–water partition coefficient (Wildman–Crippen LogP) is 2.64. The number of nitrogens with zero attached hydrogens (tertiary/aromatic N) is 1. The van der Waals surface area contributed by atoms with E-state index in [1.807, 2.05) is 19.9 Å². The lowest BCUT2D eigenvalue weighted by Crippen LogP contribution is -2.40. The van der Waals surface area contributed by atoms with E-state index in [9.17, 15) is 13.2 Å². The second-order valence-corrected chi connectivity index (χ2v) is 9.08. The highest BCUT2D eigenvalue weighted by Crippen LogP contribution is 2.25. The van der Waals surface area contributed by atoms with E-state index in [0.717, 1.165) is 10.4 Å². The summed E-state index contributed by atoms with van der Waals surface area (Å²) in [5, 5.41) is 2.82. The molecule has 0 saturated carbocycles. The van der Waals surface area contributed by atoms with Crippen molar-refractivity contribution in [3.05, 3.63) is 45.6 Å². The van der Waals surface area contributed by atoms with E-state index in [1.165, 1.54) is 21.7 Å². The number of nitrogens with one attached hydrogen (secondary N) is 1. The zero-order valence-corrected chi connectivity index (χ0v) is 15.7. The monoisotopic (exact) mass is 380 g/mol. The van der Waals surface area contributed by atoms with Gasteiger partial charge >= 0.3 is 0 Å². The molecular formula is C17H20N2O4S2. The third-order valence-corrected chi connectivity index (χ3v) is 6.92. The summed E-state index contributed by atoms with van der Waals surface area (Å²) in [6.07, 6.45) is 0. The van der Waals surface area contributed by atoms with Crippen LogP contribution in [0.1, 0.15) is 20.1 Å². The van der Waals surface area contributed by atoms with E-state index in [1.54, 1.807) is 18.2 Å². The summed E-state index contributed by atoms with van der Waals surface area (Å²) in [7, 11) is -3.59. The van der Waals surface area contributed by atoms with Crippen LogP contribution in [0.5, 0.6) is 0 Å². The minimum absolute atomic E-state index is 0.178. The third kappa shape index (κ3) is 3.92. The average molecular weight is 380 g/mol. The zero-order valence-electron chi connectivity index (χ0n) is 14.1. The maximum Gasteiger partial charge on any atom is 0.265 e. The molecule has 2 heterocycles. The van der Waals surface area contributed by atoms with Crippen molar-refractivity contribution in [3.63, 3.8) is 0 Å². The summed E-state index contributed by atoms with van der Waals surface area (Å²) < 4.78 is 32.2. The molecule has 0 aliphatic carbocycles. The fourth-order valence-corrected chi connectivity index (χ4v) is 4.77. The van der Waals surface area contributed by atoms with Crippen LogP contribution in [0.2, 0.25) is 0 Å². The average Bonchev–Trinajstić information content (AvgIpc) is 3.04. The number of hydrogen-bond acceptors (Lipinski definition) is 5. The summed E-state index contributed by atoms with van der Waals surface area (Å²) >= 11 is 1.40. The Kier molecular flexibility index (Phi) is 5.24. The van der Waals surface area contributed by atoms with E-state index in [2.05, 4.69) is 5.32 Å². The van der Waals surface area contributed by atoms with Crippen molar-refractivity contribution in [2.45, 2.75) is 18.7 Å². The number of morpholine rings is 1. The fraction of sp³-hybridized carbons (Fsp3) is 0.353. The standard InChI is InChI=1S/C17H20N2O4S2/c1-12-3-5-14(25(21,22)19-7-9-23-10-8-19)11-15(12)18-17(20)16-6-4-13(2)24-16/h3-6,11H,7-10H2,1-2H3,(H,18,20). The number of hydrogen-bond donors (Lipinski definition) is 1. The van der Waals surface area contributed by atoms with Gasteiger partial charge in [0.1, 0.15) is 0 Å². The molecule has 1 fully saturated rings. The molecule has 6 nitrogen and oxygen atoms in total. The number of aryl methyl sites for hydroxylation is 2. The topological polar surface area (TPSA) is 75.7 Å². The lowest BCUT2D eigenvalue weighted by atomic mass is 10.2. The van der Waals surface area contributed by atoms with Gasteiger partial charge in [-0.2, -0.15) is 4.31 Å². The van der Waals surface area contributed by atoms with Crippen molar-refractivity contribution in [2.24, 2.45) is 0 Å². The van der Waals surface area contributed by atoms with Crippen molar-refractivity contribution in [1.82, 2.24) is 4.31 Å². The molecule has 1 aromatic carbocycles. The number of carbonyl (C=O) groups is 1. The Bertz CT molecular complexity index is 884. The number of amides is 1. The Hall–Kier alpha value is -1.74. The molecular weight excluding hydrogens is 360 g/mol. The van der Waals surface area contributed by atoms with Crippen LogP contribution in [0.3, 0.4) is 0 Å². The van der Waals surface area contributed by atoms with E-state index in [-0.39, 0.29) is 10.8 Å². The van der Waals surface area contributed by atoms with Crippen molar-refractivity contribution in [2.75, 3.05) is 31.6 Å². The van der Waals surface area contributed by atoms with Gasteiger partial charge in [-0.1, -0.05) is 6.07 Å². The lowest BCUT2D eigenvalue weighted by molar-refractivity contribution is 0.0730. The Morgan fingerprint density at radius 3 is 2.52 bits per heavy atom. The molecule has 0 spiro atoms. The molecule has 1 aliphatic rings. The van der Waals surface area contributed by atoms with Crippen LogP contribution in [0, 0.1) is 13.8 Å². The van der Waals surface area contributed by atoms with Gasteiger partial charge in [0.2, 0.25) is 10.0 Å². The number of rotatable bonds is 4. The van der Waals surface area contributed by atoms with Gasteiger partial charge in [-0.05, 0) is 43.7 Å². The van der Waals surface area contributed by atoms with Crippen LogP contribution in [-0.4, -0.2) is 44.9 Å². The summed E-state index contributed by atoms with van der Waals surface area (Å²) in [5.74, 6) is -0.234. The van der Waals surface area contributed by atoms with Crippen LogP contribution in [-0.2, 0) is 14.8 Å². The zero-order chi connectivity index (χ0) is 18.0. The predicted molar refractivity (Wildman–Crippen MR) is 97.8 cm³/mol. The van der Waals surface area contributed by atoms with Gasteiger partial charge < -0.3 is 10.1 Å². The van der Waals surface area contributed by atoms with Gasteiger partial charge in [0.25, 0.3) is 5.91 Å². The van der Waals surface area contributed by atoms with E-state index >= 15 is 0 Å². The minimum Gasteiger partial charge on any atom is -0.379 e. The van der Waals surface area contributed by atoms with Crippen LogP contribution >= 0.6 is 11.3 Å². The van der Waals surface area contributed by atoms with Gasteiger partial charge in [-0.3, -0.25) is 4.79 Å². The SMILES string of the molecule is Cc1ccc(C(=O)Nc2cc(S(=O)(=O)N3CCOCC3)ccc2C)s1. The van der Waals surface area contributed by atoms with Crippen molar-refractivity contribution in [3.8, 4) is 0 Å². The molecule has 134 valence electrons. The number of anilines is 1. The normalized spacial score (nSPS) is 15.9. The molecule has 1 N–H and O–H groups in total. The van der Waals surface area contributed by atoms with Crippen molar-refractivity contribution < 1.29 is 17.9 Å². The van der Waals surface area contributed by atoms with Crippen LogP contribution in [0.4, 0.5) is 5.69 Å². The molecule has 0 atom stereocenters. The van der Waals surface area contributed by atoms with Gasteiger partial charge in [-0.25, -0.2) is 8.42 Å². The Balaban J connectivity index is 1.86. The number of thiophene rings is 1. The molecule has 25 heavy (non-hydrogen) atoms. The quantitative estimate of drug-likeness (QED) is 0.885. The first-order valence-electron chi connectivity index (χ1n) is 7.94. The molecule has 0 unspecified atom stereocenters. The van der Waals surface area contributed by atoms with Gasteiger partial charge in [0.15, 0.2) is 0 Å². The van der Waals surface area contributed by atoms with E-state index in [4.69, 9.17) is 4.74 Å². The Morgan fingerprint density at radius 1 is 1.16 bits per heavy atom. The summed E-state index contributed by atoms with van der Waals surface area (Å²) in [6.45, 7) is 5.24. The molecule has 1 amide bonds. The summed E-state index contributed by atoms with van der Waals surface area (Å²) in [5.41, 5.74) is 1.31. The Morgan fingerprint density at radius 2 is 1.88 bits per heavy atom. The highest BCUT2D eigenvalue weighted by molar-refractivity contribution is 7.89. The first-order valence-corrected chi connectivity index (χ1v) is 10.2. The Labute approximate surface area is 151 Å². The van der Waals surface area contributed by atoms with Gasteiger partial charge in [-0.15, -0.1) is 11.3 Å². The van der Waals surface area contributed by atoms with Crippen LogP contribution < -0.4 is 5.32 Å². The van der Waals surface area contributed by atoms with Crippen molar-refractivity contribution >= 4 is 33.0 Å². The van der Waals surface area contributed by atoms with Crippen molar-refractivity contribution in [1.29, 1.82) is 0 Å². The van der Waals surface area contributed by atoms with E-state index in [0.29, 0.717) is 36.9 Å². The molecule has 1 aliphatic heterocycles. The lowest BCUT2D eigenvalue weighted by Gasteiger charge is -2.26. The number of sulfonamides is 1. The molecule has 8 heteroatoms. The highest BCUT2D eigenvalue weighted by atomic mass is 32.2. The largest absolute Gasteiger partial charge is 0.379 e. The maximum absolute atomic E-state index is 12.8. The molecule has 3 rings (SSSR count). The molecule has 1 saturated heterocycles. The second kappa shape index (κ2) is 7.25. The maximum atomic E-state index is 12.8. The highest BCUT2D eigenvalue weighted by Gasteiger charge is 2.27. The van der Waals surface area contributed by atoms with Gasteiger partial charge in [0.05, 0.1) is 23.0 Å². The molecule has 0 radical (unpaired) electrons. The first kappa shape index (κ1) is 18.1. The van der Waals surface area contributed by atoms with Gasteiger partial charge in [0, 0.05) is 23.7 Å². The molecule has 1 aromatic heterocycles. The number of benzene rings is 1. The smallest absolute Gasteiger partial charge is 0.265 e. The van der Waals surface area contributed by atoms with Crippen LogP contribution in [0.15, 0.2) is 35.2 Å². The number of ether oxygens (including phenoxy) is 1. The number of carbonyl (C=O) groups excluding carboxylic acids is 1. The molecule has 0 bridgehead atoms. The third-order valence-electron chi connectivity index (χ3n) is 4.03. The summed E-state index contributed by atoms with van der Waals surface area (Å²) in [6, 6.07) is 8.46. The fourth-order valence-electron chi connectivity index (χ4n) is 2.57. The summed E-state index contributed by atoms with van der Waals surface area (Å²) in [4.78, 5) is 14.2. The minimum atomic E-state index is -3.59. The van der Waals surface area contributed by atoms with E-state index < -0.39 is 10.0 Å². The first-order chi connectivity index (χ1) is 11.9. The second-order valence-electron chi connectivity index (χ2n) is 5.86.